The highest BCUT2D eigenvalue weighted by molar-refractivity contribution is 4.82. The second kappa shape index (κ2) is 31.9. The molecule has 0 saturated heterocycles. The number of rotatable bonds is 32. The van der Waals surface area contributed by atoms with E-state index in [1.807, 2.05) is 0 Å². The summed E-state index contributed by atoms with van der Waals surface area (Å²) in [6, 6.07) is 0. The van der Waals surface area contributed by atoms with Crippen molar-refractivity contribution in [2.24, 2.45) is 0 Å². The lowest BCUT2D eigenvalue weighted by atomic mass is 9.99. The summed E-state index contributed by atoms with van der Waals surface area (Å²) in [6.07, 6.45) is 46.6. The van der Waals surface area contributed by atoms with Crippen molar-refractivity contribution in [1.29, 1.82) is 0 Å². The van der Waals surface area contributed by atoms with Gasteiger partial charge in [0.15, 0.2) is 5.79 Å². The Morgan fingerprint density at radius 2 is 0.564 bits per heavy atom. The molecule has 0 aromatic heterocycles. The van der Waals surface area contributed by atoms with Gasteiger partial charge in [-0.3, -0.25) is 0 Å². The van der Waals surface area contributed by atoms with Crippen molar-refractivity contribution in [3.8, 4) is 0 Å². The maximum absolute atomic E-state index is 10.3. The smallest absolute Gasteiger partial charge is 0.162 e. The molecule has 0 unspecified atom stereocenters. The minimum Gasteiger partial charge on any atom is -0.366 e. The molecule has 0 heterocycles. The van der Waals surface area contributed by atoms with Gasteiger partial charge >= 0.3 is 0 Å². The van der Waals surface area contributed by atoms with Crippen molar-refractivity contribution in [3.05, 3.63) is 24.3 Å². The lowest BCUT2D eigenvalue weighted by Gasteiger charge is -2.21. The SMILES string of the molecule is CCCCCCCC/C=C\CCCCCCCCC(O)(O)CCCCCCCC/C=C\CCCCCCCC. The lowest BCUT2D eigenvalue weighted by molar-refractivity contribution is -0.172. The third-order valence-electron chi connectivity index (χ3n) is 8.18. The Hall–Kier alpha value is -0.600. The van der Waals surface area contributed by atoms with Crippen LogP contribution in [0, 0.1) is 0 Å². The summed E-state index contributed by atoms with van der Waals surface area (Å²) in [5, 5.41) is 20.6. The molecule has 0 aliphatic heterocycles. The molecule has 232 valence electrons. The van der Waals surface area contributed by atoms with E-state index in [0.717, 1.165) is 25.7 Å². The van der Waals surface area contributed by atoms with Crippen molar-refractivity contribution in [1.82, 2.24) is 0 Å². The Morgan fingerprint density at radius 1 is 0.333 bits per heavy atom. The second-order valence-electron chi connectivity index (χ2n) is 12.4. The van der Waals surface area contributed by atoms with E-state index in [4.69, 9.17) is 0 Å². The Bertz CT molecular complexity index is 464. The van der Waals surface area contributed by atoms with Crippen molar-refractivity contribution in [2.75, 3.05) is 0 Å². The molecule has 39 heavy (non-hydrogen) atoms. The first-order valence-corrected chi connectivity index (χ1v) is 17.9. The molecule has 0 bridgehead atoms. The summed E-state index contributed by atoms with van der Waals surface area (Å²) in [7, 11) is 0. The molecule has 2 nitrogen and oxygen atoms in total. The van der Waals surface area contributed by atoms with Crippen molar-refractivity contribution in [2.45, 2.75) is 212 Å². The molecule has 2 N–H and O–H groups in total. The van der Waals surface area contributed by atoms with Gasteiger partial charge in [-0.15, -0.1) is 0 Å². The molecule has 0 amide bonds. The van der Waals surface area contributed by atoms with Crippen molar-refractivity contribution >= 4 is 0 Å². The van der Waals surface area contributed by atoms with Gasteiger partial charge in [-0.25, -0.2) is 0 Å². The van der Waals surface area contributed by atoms with Crippen LogP contribution in [0.5, 0.6) is 0 Å². The summed E-state index contributed by atoms with van der Waals surface area (Å²) in [5.41, 5.74) is 0. The van der Waals surface area contributed by atoms with Crippen molar-refractivity contribution in [3.63, 3.8) is 0 Å². The minimum absolute atomic E-state index is 0.541. The van der Waals surface area contributed by atoms with E-state index in [1.165, 1.54) is 154 Å². The van der Waals surface area contributed by atoms with E-state index in [0.29, 0.717) is 12.8 Å². The molecule has 0 radical (unpaired) electrons. The van der Waals surface area contributed by atoms with Gasteiger partial charge in [0.05, 0.1) is 0 Å². The van der Waals surface area contributed by atoms with Crippen LogP contribution in [0.3, 0.4) is 0 Å². The van der Waals surface area contributed by atoms with Gasteiger partial charge in [0.1, 0.15) is 0 Å². The summed E-state index contributed by atoms with van der Waals surface area (Å²) in [5.74, 6) is -1.44. The van der Waals surface area contributed by atoms with Crippen LogP contribution in [0.4, 0.5) is 0 Å². The molecule has 0 saturated carbocycles. The molecule has 0 fully saturated rings. The highest BCUT2D eigenvalue weighted by atomic mass is 16.5. The van der Waals surface area contributed by atoms with Crippen LogP contribution in [0.15, 0.2) is 24.3 Å². The van der Waals surface area contributed by atoms with Gasteiger partial charge in [-0.1, -0.05) is 154 Å². The van der Waals surface area contributed by atoms with Gasteiger partial charge in [-0.05, 0) is 64.2 Å². The Morgan fingerprint density at radius 3 is 0.846 bits per heavy atom. The molecule has 0 aliphatic rings. The highest BCUT2D eigenvalue weighted by Crippen LogP contribution is 2.21. The van der Waals surface area contributed by atoms with Crippen LogP contribution in [0.2, 0.25) is 0 Å². The molecule has 0 aliphatic carbocycles. The third kappa shape index (κ3) is 33.5. The van der Waals surface area contributed by atoms with Gasteiger partial charge in [0.25, 0.3) is 0 Å². The normalized spacial score (nSPS) is 12.4. The standard InChI is InChI=1S/C37H72O2/c1-3-5-7-9-11-13-15-17-19-21-23-25-27-29-31-33-35-37(38,39)36-34-32-30-28-26-24-22-20-18-16-14-12-10-8-6-4-2/h17-20,38-39H,3-16,21-36H2,1-2H3/b19-17-,20-18-. The minimum atomic E-state index is -1.44. The van der Waals surface area contributed by atoms with E-state index in [-0.39, 0.29) is 0 Å². The number of hydrogen-bond acceptors (Lipinski definition) is 2. The van der Waals surface area contributed by atoms with E-state index >= 15 is 0 Å². The van der Waals surface area contributed by atoms with Crippen LogP contribution in [-0.4, -0.2) is 16.0 Å². The first kappa shape index (κ1) is 38.4. The number of hydrogen-bond donors (Lipinski definition) is 2. The quantitative estimate of drug-likeness (QED) is 0.0498. The summed E-state index contributed by atoms with van der Waals surface area (Å²) >= 11 is 0. The Kier molecular flexibility index (Phi) is 31.4. The topological polar surface area (TPSA) is 40.5 Å². The Balaban J connectivity index is 3.36. The fourth-order valence-electron chi connectivity index (χ4n) is 5.44. The zero-order valence-corrected chi connectivity index (χ0v) is 26.9. The van der Waals surface area contributed by atoms with Gasteiger partial charge in [0.2, 0.25) is 0 Å². The van der Waals surface area contributed by atoms with Gasteiger partial charge in [-0.2, -0.15) is 0 Å². The third-order valence-corrected chi connectivity index (χ3v) is 8.18. The largest absolute Gasteiger partial charge is 0.366 e. The summed E-state index contributed by atoms with van der Waals surface area (Å²) in [6.45, 7) is 4.55. The average Bonchev–Trinajstić information content (AvgIpc) is 2.92. The van der Waals surface area contributed by atoms with E-state index in [9.17, 15) is 10.2 Å². The fraction of sp³-hybridized carbons (Fsp3) is 0.892. The first-order valence-electron chi connectivity index (χ1n) is 17.9. The van der Waals surface area contributed by atoms with Gasteiger partial charge < -0.3 is 10.2 Å². The van der Waals surface area contributed by atoms with E-state index in [1.54, 1.807) is 0 Å². The van der Waals surface area contributed by atoms with E-state index in [2.05, 4.69) is 38.2 Å². The zero-order chi connectivity index (χ0) is 28.5. The number of allylic oxidation sites excluding steroid dienone is 4. The molecule has 0 aromatic rings. The van der Waals surface area contributed by atoms with Crippen LogP contribution in [-0.2, 0) is 0 Å². The van der Waals surface area contributed by atoms with Crippen LogP contribution in [0.1, 0.15) is 206 Å². The van der Waals surface area contributed by atoms with Crippen molar-refractivity contribution < 1.29 is 10.2 Å². The maximum Gasteiger partial charge on any atom is 0.162 e. The molecule has 0 spiro atoms. The zero-order valence-electron chi connectivity index (χ0n) is 26.9. The lowest BCUT2D eigenvalue weighted by Crippen LogP contribution is -2.27. The average molecular weight is 549 g/mol. The molecule has 2 heteroatoms. The molecular formula is C37H72O2. The second-order valence-corrected chi connectivity index (χ2v) is 12.4. The molecule has 0 atom stereocenters. The van der Waals surface area contributed by atoms with Gasteiger partial charge in [0, 0.05) is 12.8 Å². The van der Waals surface area contributed by atoms with E-state index < -0.39 is 5.79 Å². The fourth-order valence-corrected chi connectivity index (χ4v) is 5.44. The van der Waals surface area contributed by atoms with Crippen LogP contribution in [0.25, 0.3) is 0 Å². The predicted molar refractivity (Wildman–Crippen MR) is 175 cm³/mol. The summed E-state index contributed by atoms with van der Waals surface area (Å²) < 4.78 is 0. The van der Waals surface area contributed by atoms with Crippen LogP contribution >= 0.6 is 0 Å². The predicted octanol–water partition coefficient (Wildman–Crippen LogP) is 12.5. The summed E-state index contributed by atoms with van der Waals surface area (Å²) in [4.78, 5) is 0. The first-order chi connectivity index (χ1) is 19.1. The Labute approximate surface area is 246 Å². The maximum atomic E-state index is 10.3. The number of aliphatic hydroxyl groups is 2. The highest BCUT2D eigenvalue weighted by Gasteiger charge is 2.21. The monoisotopic (exact) mass is 549 g/mol. The molecule has 0 aromatic carbocycles. The van der Waals surface area contributed by atoms with Crippen LogP contribution < -0.4 is 0 Å². The molecule has 0 rings (SSSR count). The number of unbranched alkanes of at least 4 members (excludes halogenated alkanes) is 24. The molecular weight excluding hydrogens is 476 g/mol.